The van der Waals surface area contributed by atoms with Gasteiger partial charge < -0.3 is 20.2 Å². The second-order valence-corrected chi connectivity index (χ2v) is 8.38. The van der Waals surface area contributed by atoms with Gasteiger partial charge in [-0.25, -0.2) is 4.98 Å². The summed E-state index contributed by atoms with van der Waals surface area (Å²) in [6.07, 6.45) is 5.45. The van der Waals surface area contributed by atoms with Gasteiger partial charge in [0.25, 0.3) is 5.91 Å². The molecule has 3 heterocycles. The fourth-order valence-corrected chi connectivity index (χ4v) is 4.10. The van der Waals surface area contributed by atoms with E-state index in [2.05, 4.69) is 37.3 Å². The van der Waals surface area contributed by atoms with E-state index in [0.29, 0.717) is 5.69 Å². The van der Waals surface area contributed by atoms with Gasteiger partial charge >= 0.3 is 0 Å². The van der Waals surface area contributed by atoms with Crippen molar-refractivity contribution >= 4 is 40.3 Å². The van der Waals surface area contributed by atoms with Crippen LogP contribution >= 0.6 is 0 Å². The molecule has 0 radical (unpaired) electrons. The summed E-state index contributed by atoms with van der Waals surface area (Å²) in [5.41, 5.74) is 4.30. The molecule has 0 unspecified atom stereocenters. The minimum Gasteiger partial charge on any atom is -0.505 e. The molecule has 2 aromatic carbocycles. The van der Waals surface area contributed by atoms with Crippen molar-refractivity contribution in [1.82, 2.24) is 20.1 Å². The molecular formula is C26H26N6O2. The molecule has 2 aromatic heterocycles. The highest BCUT2D eigenvalue weighted by Crippen LogP contribution is 2.34. The highest BCUT2D eigenvalue weighted by Gasteiger charge is 2.21. The molecular weight excluding hydrogens is 428 g/mol. The molecule has 0 bridgehead atoms. The summed E-state index contributed by atoms with van der Waals surface area (Å²) in [5, 5.41) is 21.6. The van der Waals surface area contributed by atoms with E-state index in [0.717, 1.165) is 54.0 Å². The van der Waals surface area contributed by atoms with E-state index in [1.165, 1.54) is 12.3 Å². The number of benzene rings is 2. The zero-order valence-electron chi connectivity index (χ0n) is 18.9. The third-order valence-corrected chi connectivity index (χ3v) is 6.04. The monoisotopic (exact) mass is 454 g/mol. The molecule has 5 rings (SSSR count). The SMILES string of the molecule is CN1CCN(c2cc3[nH]nc(C=Cc4ccccc4)c3cc2NC(=O)c2ncccc2O)CC1. The maximum absolute atomic E-state index is 13.0. The third kappa shape index (κ3) is 4.49. The smallest absolute Gasteiger partial charge is 0.278 e. The summed E-state index contributed by atoms with van der Waals surface area (Å²) < 4.78 is 0. The number of aromatic nitrogens is 3. The summed E-state index contributed by atoms with van der Waals surface area (Å²) in [6.45, 7) is 3.55. The Balaban J connectivity index is 1.53. The summed E-state index contributed by atoms with van der Waals surface area (Å²) in [4.78, 5) is 21.6. The van der Waals surface area contributed by atoms with Gasteiger partial charge in [-0.15, -0.1) is 0 Å². The quantitative estimate of drug-likeness (QED) is 0.424. The number of nitrogens with one attached hydrogen (secondary N) is 2. The number of H-pyrrole nitrogens is 1. The normalized spacial score (nSPS) is 14.7. The van der Waals surface area contributed by atoms with Crippen molar-refractivity contribution in [2.45, 2.75) is 0 Å². The molecule has 4 aromatic rings. The van der Waals surface area contributed by atoms with E-state index < -0.39 is 5.91 Å². The number of likely N-dealkylation sites (N-methyl/N-ethyl adjacent to an activating group) is 1. The maximum atomic E-state index is 13.0. The topological polar surface area (TPSA) is 97.4 Å². The number of hydrogen-bond acceptors (Lipinski definition) is 6. The van der Waals surface area contributed by atoms with Crippen LogP contribution in [0.2, 0.25) is 0 Å². The molecule has 1 saturated heterocycles. The van der Waals surface area contributed by atoms with Crippen LogP contribution in [0.4, 0.5) is 11.4 Å². The van der Waals surface area contributed by atoms with Crippen molar-refractivity contribution in [2.75, 3.05) is 43.4 Å². The molecule has 8 heteroatoms. The maximum Gasteiger partial charge on any atom is 0.278 e. The number of nitrogens with zero attached hydrogens (tertiary/aromatic N) is 4. The molecule has 8 nitrogen and oxygen atoms in total. The van der Waals surface area contributed by atoms with E-state index in [9.17, 15) is 9.90 Å². The lowest BCUT2D eigenvalue weighted by molar-refractivity contribution is 0.101. The Bertz CT molecular complexity index is 1340. The molecule has 1 aliphatic heterocycles. The number of piperazine rings is 1. The second kappa shape index (κ2) is 9.36. The number of anilines is 2. The molecule has 0 saturated carbocycles. The van der Waals surface area contributed by atoms with Crippen LogP contribution in [0.25, 0.3) is 23.1 Å². The standard InChI is InChI=1S/C26H26N6O2/c1-31-12-14-32(15-13-31)23-17-21-19(20(29-30-21)10-9-18-6-3-2-4-7-18)16-22(23)28-26(34)25-24(33)8-5-11-27-25/h2-11,16-17,33H,12-15H2,1H3,(H,28,34)(H,29,30). The predicted molar refractivity (Wildman–Crippen MR) is 135 cm³/mol. The van der Waals surface area contributed by atoms with Gasteiger partial charge in [0.1, 0.15) is 5.75 Å². The number of carbonyl (C=O) groups excluding carboxylic acids is 1. The fourth-order valence-electron chi connectivity index (χ4n) is 4.10. The number of aromatic amines is 1. The number of aromatic hydroxyl groups is 1. The van der Waals surface area contributed by atoms with Crippen LogP contribution in [0.5, 0.6) is 5.75 Å². The van der Waals surface area contributed by atoms with Crippen molar-refractivity contribution in [3.05, 3.63) is 77.7 Å². The van der Waals surface area contributed by atoms with E-state index in [1.807, 2.05) is 54.6 Å². The lowest BCUT2D eigenvalue weighted by Gasteiger charge is -2.35. The Labute approximate surface area is 197 Å². The second-order valence-electron chi connectivity index (χ2n) is 8.38. The summed E-state index contributed by atoms with van der Waals surface area (Å²) in [6, 6.07) is 17.0. The largest absolute Gasteiger partial charge is 0.505 e. The van der Waals surface area contributed by atoms with Gasteiger partial charge in [0.15, 0.2) is 5.69 Å². The highest BCUT2D eigenvalue weighted by atomic mass is 16.3. The molecule has 0 atom stereocenters. The van der Waals surface area contributed by atoms with Gasteiger partial charge in [-0.3, -0.25) is 9.89 Å². The summed E-state index contributed by atoms with van der Waals surface area (Å²) in [5.74, 6) is -0.616. The van der Waals surface area contributed by atoms with Gasteiger partial charge in [-0.05, 0) is 43.0 Å². The van der Waals surface area contributed by atoms with Gasteiger partial charge in [-0.1, -0.05) is 36.4 Å². The average Bonchev–Trinajstić information content (AvgIpc) is 3.25. The van der Waals surface area contributed by atoms with Crippen molar-refractivity contribution < 1.29 is 9.90 Å². The van der Waals surface area contributed by atoms with Crippen LogP contribution in [0, 0.1) is 0 Å². The highest BCUT2D eigenvalue weighted by molar-refractivity contribution is 6.08. The number of amides is 1. The predicted octanol–water partition coefficient (Wildman–Crippen LogP) is 3.84. The molecule has 0 spiro atoms. The fraction of sp³-hybridized carbons (Fsp3) is 0.192. The van der Waals surface area contributed by atoms with Crippen LogP contribution in [0.1, 0.15) is 21.7 Å². The van der Waals surface area contributed by atoms with Crippen molar-refractivity contribution in [1.29, 1.82) is 0 Å². The van der Waals surface area contributed by atoms with E-state index in [4.69, 9.17) is 0 Å². The first-order chi connectivity index (χ1) is 16.6. The van der Waals surface area contributed by atoms with Crippen molar-refractivity contribution in [3.8, 4) is 5.75 Å². The minimum atomic E-state index is -0.460. The molecule has 34 heavy (non-hydrogen) atoms. The number of rotatable bonds is 5. The summed E-state index contributed by atoms with van der Waals surface area (Å²) >= 11 is 0. The molecule has 172 valence electrons. The number of fused-ring (bicyclic) bond motifs is 1. The lowest BCUT2D eigenvalue weighted by atomic mass is 10.1. The molecule has 0 aliphatic carbocycles. The Kier molecular flexibility index (Phi) is 5.97. The molecule has 1 amide bonds. The first kappa shape index (κ1) is 21.7. The first-order valence-electron chi connectivity index (χ1n) is 11.2. The Morgan fingerprint density at radius 2 is 1.85 bits per heavy atom. The van der Waals surface area contributed by atoms with Gasteiger partial charge in [-0.2, -0.15) is 5.10 Å². The van der Waals surface area contributed by atoms with E-state index in [1.54, 1.807) is 6.07 Å². The van der Waals surface area contributed by atoms with Crippen LogP contribution in [0.15, 0.2) is 60.8 Å². The number of hydrogen-bond donors (Lipinski definition) is 3. The Hall–Kier alpha value is -4.17. The van der Waals surface area contributed by atoms with E-state index >= 15 is 0 Å². The molecule has 3 N–H and O–H groups in total. The Morgan fingerprint density at radius 3 is 2.62 bits per heavy atom. The van der Waals surface area contributed by atoms with Gasteiger partial charge in [0.05, 0.1) is 22.6 Å². The van der Waals surface area contributed by atoms with Crippen molar-refractivity contribution in [2.24, 2.45) is 0 Å². The zero-order valence-corrected chi connectivity index (χ0v) is 18.9. The van der Waals surface area contributed by atoms with Gasteiger partial charge in [0, 0.05) is 37.8 Å². The summed E-state index contributed by atoms with van der Waals surface area (Å²) in [7, 11) is 2.10. The minimum absolute atomic E-state index is 0.0108. The van der Waals surface area contributed by atoms with Crippen molar-refractivity contribution in [3.63, 3.8) is 0 Å². The lowest BCUT2D eigenvalue weighted by Crippen LogP contribution is -2.44. The van der Waals surface area contributed by atoms with Crippen LogP contribution in [-0.4, -0.2) is 64.3 Å². The van der Waals surface area contributed by atoms with Crippen LogP contribution < -0.4 is 10.2 Å². The molecule has 1 aliphatic rings. The number of carbonyl (C=O) groups is 1. The Morgan fingerprint density at radius 1 is 1.06 bits per heavy atom. The van der Waals surface area contributed by atoms with E-state index in [-0.39, 0.29) is 11.4 Å². The molecule has 1 fully saturated rings. The van der Waals surface area contributed by atoms with Gasteiger partial charge in [0.2, 0.25) is 0 Å². The average molecular weight is 455 g/mol. The zero-order chi connectivity index (χ0) is 23.5. The first-order valence-corrected chi connectivity index (χ1v) is 11.2. The van der Waals surface area contributed by atoms with Crippen LogP contribution in [0.3, 0.4) is 0 Å². The third-order valence-electron chi connectivity index (χ3n) is 6.04. The number of pyridine rings is 1. The van der Waals surface area contributed by atoms with Crippen LogP contribution in [-0.2, 0) is 0 Å².